The molecule has 0 amide bonds. The normalized spacial score (nSPS) is 20.1. The Morgan fingerprint density at radius 2 is 1.90 bits per heavy atom. The van der Waals surface area contributed by atoms with Crippen LogP contribution in [0.4, 0.5) is 0 Å². The maximum Gasteiger partial charge on any atom is 0.218 e. The summed E-state index contributed by atoms with van der Waals surface area (Å²) in [5.41, 5.74) is 7.65. The van der Waals surface area contributed by atoms with Crippen LogP contribution in [-0.4, -0.2) is 25.8 Å². The number of hydrogen-bond acceptors (Lipinski definition) is 3. The minimum absolute atomic E-state index is 0.0707. The molecule has 1 fully saturated rings. The second-order valence-corrected chi connectivity index (χ2v) is 8.67. The number of nitrogens with two attached hydrogens (primary N) is 1. The average Bonchev–Trinajstić information content (AvgIpc) is 2.60. The Balaban J connectivity index is 2.10. The molecular formula is C16H26N2O2S. The molecule has 0 unspecified atom stereocenters. The Labute approximate surface area is 128 Å². The standard InChI is InChI=1S/C16H26N2O2S/c1-16(2)7-4-9-18(10-8-16)21(19,20)13-15-6-3-5-14(11-15)12-17/h3,5-6,11H,4,7-10,12-13,17H2,1-2H3. The van der Waals surface area contributed by atoms with Crippen LogP contribution >= 0.6 is 0 Å². The second-order valence-electron chi connectivity index (χ2n) is 6.70. The van der Waals surface area contributed by atoms with Crippen molar-refractivity contribution in [3.8, 4) is 0 Å². The van der Waals surface area contributed by atoms with E-state index in [2.05, 4.69) is 13.8 Å². The Kier molecular flexibility index (Phi) is 5.07. The van der Waals surface area contributed by atoms with Crippen molar-refractivity contribution in [3.63, 3.8) is 0 Å². The molecule has 1 aromatic carbocycles. The van der Waals surface area contributed by atoms with E-state index < -0.39 is 10.0 Å². The van der Waals surface area contributed by atoms with Crippen LogP contribution in [0, 0.1) is 5.41 Å². The van der Waals surface area contributed by atoms with E-state index in [0.29, 0.717) is 19.6 Å². The zero-order valence-corrected chi connectivity index (χ0v) is 13.8. The van der Waals surface area contributed by atoms with Crippen molar-refractivity contribution >= 4 is 10.0 Å². The van der Waals surface area contributed by atoms with Gasteiger partial charge < -0.3 is 5.73 Å². The first-order valence-corrected chi connectivity index (χ1v) is 9.19. The summed E-state index contributed by atoms with van der Waals surface area (Å²) >= 11 is 0. The van der Waals surface area contributed by atoms with Gasteiger partial charge in [0.1, 0.15) is 0 Å². The lowest BCUT2D eigenvalue weighted by molar-refractivity contribution is 0.314. The molecule has 2 N–H and O–H groups in total. The molecule has 0 aromatic heterocycles. The molecule has 0 aliphatic carbocycles. The molecule has 0 spiro atoms. The summed E-state index contributed by atoms with van der Waals surface area (Å²) in [5.74, 6) is 0.0707. The summed E-state index contributed by atoms with van der Waals surface area (Å²) in [7, 11) is -3.24. The molecule has 1 heterocycles. The zero-order chi connectivity index (χ0) is 15.5. The Morgan fingerprint density at radius 3 is 2.62 bits per heavy atom. The summed E-state index contributed by atoms with van der Waals surface area (Å²) < 4.78 is 26.9. The third-order valence-electron chi connectivity index (χ3n) is 4.27. The lowest BCUT2D eigenvalue weighted by Gasteiger charge is -2.23. The molecule has 0 atom stereocenters. The molecule has 118 valence electrons. The number of rotatable bonds is 4. The molecule has 1 aliphatic heterocycles. The molecule has 1 aliphatic rings. The quantitative estimate of drug-likeness (QED) is 0.929. The van der Waals surface area contributed by atoms with E-state index in [1.165, 1.54) is 0 Å². The fourth-order valence-corrected chi connectivity index (χ4v) is 4.38. The second kappa shape index (κ2) is 6.46. The van der Waals surface area contributed by atoms with Gasteiger partial charge in [-0.2, -0.15) is 0 Å². The van der Waals surface area contributed by atoms with Gasteiger partial charge in [0.15, 0.2) is 0 Å². The van der Waals surface area contributed by atoms with Crippen molar-refractivity contribution in [1.29, 1.82) is 0 Å². The van der Waals surface area contributed by atoms with E-state index in [-0.39, 0.29) is 11.2 Å². The van der Waals surface area contributed by atoms with Crippen LogP contribution in [0.2, 0.25) is 0 Å². The molecule has 5 heteroatoms. The highest BCUT2D eigenvalue weighted by atomic mass is 32.2. The van der Waals surface area contributed by atoms with Crippen LogP contribution in [0.25, 0.3) is 0 Å². The number of benzene rings is 1. The summed E-state index contributed by atoms with van der Waals surface area (Å²) in [6.07, 6.45) is 2.95. The van der Waals surface area contributed by atoms with Crippen molar-refractivity contribution in [2.75, 3.05) is 13.1 Å². The molecular weight excluding hydrogens is 284 g/mol. The minimum atomic E-state index is -3.24. The first-order chi connectivity index (χ1) is 9.82. The van der Waals surface area contributed by atoms with Crippen LogP contribution in [0.5, 0.6) is 0 Å². The SMILES string of the molecule is CC1(C)CCCN(S(=O)(=O)Cc2cccc(CN)c2)CC1. The highest BCUT2D eigenvalue weighted by Crippen LogP contribution is 2.31. The van der Waals surface area contributed by atoms with Crippen LogP contribution in [0.3, 0.4) is 0 Å². The van der Waals surface area contributed by atoms with Gasteiger partial charge in [0.25, 0.3) is 0 Å². The Bertz CT molecular complexity index is 582. The summed E-state index contributed by atoms with van der Waals surface area (Å²) in [4.78, 5) is 0. The van der Waals surface area contributed by atoms with E-state index >= 15 is 0 Å². The van der Waals surface area contributed by atoms with Crippen molar-refractivity contribution in [2.45, 2.75) is 45.4 Å². The minimum Gasteiger partial charge on any atom is -0.326 e. The number of nitrogens with zero attached hydrogens (tertiary/aromatic N) is 1. The van der Waals surface area contributed by atoms with Crippen LogP contribution in [0.15, 0.2) is 24.3 Å². The van der Waals surface area contributed by atoms with E-state index in [0.717, 1.165) is 30.4 Å². The predicted octanol–water partition coefficient (Wildman–Crippen LogP) is 2.49. The van der Waals surface area contributed by atoms with Gasteiger partial charge in [-0.25, -0.2) is 12.7 Å². The molecule has 0 saturated carbocycles. The van der Waals surface area contributed by atoms with Gasteiger partial charge in [0, 0.05) is 19.6 Å². The van der Waals surface area contributed by atoms with E-state index in [1.54, 1.807) is 4.31 Å². The topological polar surface area (TPSA) is 63.4 Å². The van der Waals surface area contributed by atoms with Crippen LogP contribution in [-0.2, 0) is 22.3 Å². The molecule has 21 heavy (non-hydrogen) atoms. The highest BCUT2D eigenvalue weighted by Gasteiger charge is 2.29. The molecule has 1 aromatic rings. The maximum atomic E-state index is 12.6. The number of sulfonamides is 1. The molecule has 0 radical (unpaired) electrons. The van der Waals surface area contributed by atoms with E-state index in [9.17, 15) is 8.42 Å². The lowest BCUT2D eigenvalue weighted by atomic mass is 9.85. The first kappa shape index (κ1) is 16.5. The lowest BCUT2D eigenvalue weighted by Crippen LogP contribution is -2.33. The highest BCUT2D eigenvalue weighted by molar-refractivity contribution is 7.88. The smallest absolute Gasteiger partial charge is 0.218 e. The maximum absolute atomic E-state index is 12.6. The molecule has 0 bridgehead atoms. The molecule has 4 nitrogen and oxygen atoms in total. The van der Waals surface area contributed by atoms with Gasteiger partial charge in [-0.3, -0.25) is 0 Å². The molecule has 2 rings (SSSR count). The van der Waals surface area contributed by atoms with Gasteiger partial charge in [0.05, 0.1) is 5.75 Å². The van der Waals surface area contributed by atoms with Gasteiger partial charge in [0.2, 0.25) is 10.0 Å². The third-order valence-corrected chi connectivity index (χ3v) is 6.12. The Hall–Kier alpha value is -0.910. The van der Waals surface area contributed by atoms with E-state index in [1.807, 2.05) is 24.3 Å². The van der Waals surface area contributed by atoms with Crippen molar-refractivity contribution in [1.82, 2.24) is 4.31 Å². The number of hydrogen-bond donors (Lipinski definition) is 1. The summed E-state index contributed by atoms with van der Waals surface area (Å²) in [5, 5.41) is 0. The van der Waals surface area contributed by atoms with Gasteiger partial charge in [-0.05, 0) is 35.8 Å². The largest absolute Gasteiger partial charge is 0.326 e. The van der Waals surface area contributed by atoms with Crippen molar-refractivity contribution in [3.05, 3.63) is 35.4 Å². The molecule has 1 saturated heterocycles. The first-order valence-electron chi connectivity index (χ1n) is 7.58. The van der Waals surface area contributed by atoms with Crippen LogP contribution in [0.1, 0.15) is 44.2 Å². The van der Waals surface area contributed by atoms with Gasteiger partial charge >= 0.3 is 0 Å². The summed E-state index contributed by atoms with van der Waals surface area (Å²) in [6, 6.07) is 7.54. The van der Waals surface area contributed by atoms with Gasteiger partial charge in [-0.1, -0.05) is 38.1 Å². The Morgan fingerprint density at radius 1 is 1.19 bits per heavy atom. The fraction of sp³-hybridized carbons (Fsp3) is 0.625. The van der Waals surface area contributed by atoms with E-state index in [4.69, 9.17) is 5.73 Å². The van der Waals surface area contributed by atoms with Crippen molar-refractivity contribution in [2.24, 2.45) is 11.1 Å². The predicted molar refractivity (Wildman–Crippen MR) is 86.2 cm³/mol. The zero-order valence-electron chi connectivity index (χ0n) is 13.0. The average molecular weight is 310 g/mol. The van der Waals surface area contributed by atoms with Gasteiger partial charge in [-0.15, -0.1) is 0 Å². The summed E-state index contributed by atoms with van der Waals surface area (Å²) in [6.45, 7) is 6.14. The third kappa shape index (κ3) is 4.53. The monoisotopic (exact) mass is 310 g/mol. The fourth-order valence-electron chi connectivity index (χ4n) is 2.82. The van der Waals surface area contributed by atoms with Crippen LogP contribution < -0.4 is 5.73 Å². The van der Waals surface area contributed by atoms with Crippen molar-refractivity contribution < 1.29 is 8.42 Å².